The molecule has 2 bridgehead atoms. The number of aromatic nitrogens is 4. The van der Waals surface area contributed by atoms with Gasteiger partial charge >= 0.3 is 0 Å². The Balaban J connectivity index is 1.39. The zero-order valence-corrected chi connectivity index (χ0v) is 31.1. The molecule has 2 fully saturated rings. The molecule has 0 radical (unpaired) electrons. The summed E-state index contributed by atoms with van der Waals surface area (Å²) in [5, 5.41) is 4.77. The minimum atomic E-state index is -1.29. The second-order valence-corrected chi connectivity index (χ2v) is 27.4. The molecule has 0 saturated heterocycles. The van der Waals surface area contributed by atoms with Gasteiger partial charge in [-0.1, -0.05) is 88.5 Å². The van der Waals surface area contributed by atoms with E-state index in [1.807, 2.05) is 35.4 Å². The van der Waals surface area contributed by atoms with Crippen LogP contribution < -0.4 is 4.90 Å². The number of benzene rings is 1. The summed E-state index contributed by atoms with van der Waals surface area (Å²) in [7, 11) is -2.58. The van der Waals surface area contributed by atoms with Crippen LogP contribution in [-0.2, 0) is 9.47 Å². The summed E-state index contributed by atoms with van der Waals surface area (Å²) < 4.78 is 31.3. The molecular weight excluding hydrogens is 622 g/mol. The number of ether oxygens (including phenoxy) is 2. The maximum absolute atomic E-state index is 17.1. The van der Waals surface area contributed by atoms with Gasteiger partial charge in [-0.25, -0.2) is 9.37 Å². The first-order valence-electron chi connectivity index (χ1n) is 17.4. The lowest BCUT2D eigenvalue weighted by Gasteiger charge is -2.30. The van der Waals surface area contributed by atoms with E-state index in [4.69, 9.17) is 24.5 Å². The van der Waals surface area contributed by atoms with Crippen molar-refractivity contribution in [3.8, 4) is 22.4 Å². The number of halogens is 1. The van der Waals surface area contributed by atoms with Crippen molar-refractivity contribution in [2.24, 2.45) is 11.8 Å². The van der Waals surface area contributed by atoms with Crippen molar-refractivity contribution in [3.05, 3.63) is 66.4 Å². The Morgan fingerprint density at radius 3 is 2.02 bits per heavy atom. The van der Waals surface area contributed by atoms with Crippen molar-refractivity contribution < 1.29 is 13.9 Å². The molecule has 2 saturated carbocycles. The highest BCUT2D eigenvalue weighted by Gasteiger charge is 2.38. The molecule has 1 aromatic carbocycles. The topological polar surface area (TPSA) is 64.8 Å². The van der Waals surface area contributed by atoms with Crippen LogP contribution in [0.5, 0.6) is 0 Å². The van der Waals surface area contributed by atoms with Crippen LogP contribution in [-0.4, -0.2) is 62.4 Å². The highest BCUT2D eigenvalue weighted by atomic mass is 28.3. The number of pyridine rings is 1. The fourth-order valence-electron chi connectivity index (χ4n) is 7.05. The summed E-state index contributed by atoms with van der Waals surface area (Å²) in [5.41, 5.74) is 4.93. The van der Waals surface area contributed by atoms with Gasteiger partial charge in [0.05, 0.1) is 17.6 Å². The Morgan fingerprint density at radius 2 is 1.45 bits per heavy atom. The summed E-state index contributed by atoms with van der Waals surface area (Å²) in [6, 6.07) is 16.3. The molecule has 4 aromatic rings. The van der Waals surface area contributed by atoms with E-state index in [0.29, 0.717) is 42.2 Å². The Labute approximate surface area is 281 Å². The fraction of sp³-hybridized carbons (Fsp3) is 0.541. The fourth-order valence-corrected chi connectivity index (χ4v) is 8.57. The lowest BCUT2D eigenvalue weighted by atomic mass is 9.79. The van der Waals surface area contributed by atoms with Crippen molar-refractivity contribution in [1.29, 1.82) is 0 Å². The molecule has 1 unspecified atom stereocenters. The second kappa shape index (κ2) is 14.3. The summed E-state index contributed by atoms with van der Waals surface area (Å²) >= 11 is 0. The van der Waals surface area contributed by atoms with E-state index < -0.39 is 16.1 Å². The molecule has 0 aliphatic heterocycles. The summed E-state index contributed by atoms with van der Waals surface area (Å²) in [4.78, 5) is 11.8. The van der Waals surface area contributed by atoms with Crippen molar-refractivity contribution in [3.63, 3.8) is 0 Å². The SMILES string of the molecule is C[Si](C)(C)CCOCN(COCC[Si](C)(C)C)c1c(F)c(C2C[C@H]3CC[C@@H](C2)C3)nc2c(-c3ccc(-c4ccccc4)nc3)cnn12. The third kappa shape index (κ3) is 8.39. The Hall–Kier alpha value is -2.93. The smallest absolute Gasteiger partial charge is 0.187 e. The largest absolute Gasteiger partial charge is 0.361 e. The van der Waals surface area contributed by atoms with Crippen LogP contribution in [0.4, 0.5) is 10.2 Å². The molecule has 252 valence electrons. The summed E-state index contributed by atoms with van der Waals surface area (Å²) in [6.07, 6.45) is 9.43. The molecule has 2 aliphatic carbocycles. The predicted molar refractivity (Wildman–Crippen MR) is 195 cm³/mol. The number of nitrogens with zero attached hydrogens (tertiary/aromatic N) is 5. The van der Waals surface area contributed by atoms with E-state index in [1.165, 1.54) is 19.3 Å². The number of hydrogen-bond acceptors (Lipinski definition) is 6. The Kier molecular flexibility index (Phi) is 10.3. The maximum Gasteiger partial charge on any atom is 0.187 e. The van der Waals surface area contributed by atoms with Crippen molar-refractivity contribution in [2.45, 2.75) is 89.4 Å². The highest BCUT2D eigenvalue weighted by Crippen LogP contribution is 2.49. The first-order valence-corrected chi connectivity index (χ1v) is 24.9. The molecule has 10 heteroatoms. The summed E-state index contributed by atoms with van der Waals surface area (Å²) in [5.74, 6) is 1.49. The minimum absolute atomic E-state index is 0.0915. The standard InChI is InChI=1S/C37H52FN5O2Si2/c1-46(2,3)18-16-44-25-42(26-45-17-19-47(4,5)6)37-34(38)35(31-21-27-12-13-28(20-27)22-31)41-36-32(24-40-43(36)37)30-14-15-33(39-23-30)29-10-8-7-9-11-29/h7-11,14-15,23-24,27-28,31H,12-13,16-22,25-26H2,1-6H3/t27-,28+,31?. The van der Waals surface area contributed by atoms with Crippen LogP contribution >= 0.6 is 0 Å². The van der Waals surface area contributed by atoms with Crippen molar-refractivity contribution in [2.75, 3.05) is 31.6 Å². The Morgan fingerprint density at radius 1 is 0.809 bits per heavy atom. The lowest BCUT2D eigenvalue weighted by Crippen LogP contribution is -2.34. The molecule has 7 nitrogen and oxygen atoms in total. The van der Waals surface area contributed by atoms with Gasteiger partial charge in [0.25, 0.3) is 0 Å². The molecule has 0 amide bonds. The normalized spacial score (nSPS) is 19.9. The summed E-state index contributed by atoms with van der Waals surface area (Å²) in [6.45, 7) is 15.8. The van der Waals surface area contributed by atoms with Gasteiger partial charge in [0.1, 0.15) is 13.5 Å². The molecule has 3 heterocycles. The van der Waals surface area contributed by atoms with Crippen molar-refractivity contribution in [1.82, 2.24) is 19.6 Å². The van der Waals surface area contributed by atoms with E-state index in [0.717, 1.165) is 47.3 Å². The van der Waals surface area contributed by atoms with Gasteiger partial charge in [0.2, 0.25) is 0 Å². The van der Waals surface area contributed by atoms with Crippen LogP contribution in [0.1, 0.15) is 43.7 Å². The van der Waals surface area contributed by atoms with E-state index in [2.05, 4.69) is 57.5 Å². The predicted octanol–water partition coefficient (Wildman–Crippen LogP) is 9.32. The molecular formula is C37H52FN5O2Si2. The van der Waals surface area contributed by atoms with Crippen LogP contribution in [0.25, 0.3) is 28.0 Å². The van der Waals surface area contributed by atoms with E-state index in [1.54, 1.807) is 10.7 Å². The van der Waals surface area contributed by atoms with Gasteiger partial charge in [0, 0.05) is 58.2 Å². The number of fused-ring (bicyclic) bond motifs is 3. The third-order valence-electron chi connectivity index (χ3n) is 9.79. The van der Waals surface area contributed by atoms with Gasteiger partial charge in [-0.2, -0.15) is 9.61 Å². The van der Waals surface area contributed by atoms with Crippen LogP contribution in [0.3, 0.4) is 0 Å². The quantitative estimate of drug-likeness (QED) is 0.0755. The molecule has 0 N–H and O–H groups in total. The molecule has 2 aliphatic rings. The first-order chi connectivity index (χ1) is 22.4. The third-order valence-corrected chi connectivity index (χ3v) is 13.2. The number of anilines is 1. The molecule has 6 rings (SSSR count). The van der Waals surface area contributed by atoms with Gasteiger partial charge in [0.15, 0.2) is 17.3 Å². The average molecular weight is 674 g/mol. The minimum Gasteiger partial charge on any atom is -0.361 e. The molecule has 3 atom stereocenters. The van der Waals surface area contributed by atoms with E-state index in [-0.39, 0.29) is 25.2 Å². The molecule has 3 aromatic heterocycles. The van der Waals surface area contributed by atoms with Gasteiger partial charge in [-0.3, -0.25) is 4.98 Å². The van der Waals surface area contributed by atoms with Crippen molar-refractivity contribution >= 4 is 27.6 Å². The monoisotopic (exact) mass is 673 g/mol. The first kappa shape index (κ1) is 34.0. The second-order valence-electron chi connectivity index (χ2n) is 16.2. The number of rotatable bonds is 14. The van der Waals surface area contributed by atoms with Gasteiger partial charge < -0.3 is 14.4 Å². The zero-order valence-electron chi connectivity index (χ0n) is 29.1. The lowest BCUT2D eigenvalue weighted by molar-refractivity contribution is 0.0934. The highest BCUT2D eigenvalue weighted by molar-refractivity contribution is 6.76. The van der Waals surface area contributed by atoms with Gasteiger partial charge in [-0.15, -0.1) is 0 Å². The van der Waals surface area contributed by atoms with E-state index in [9.17, 15) is 0 Å². The molecule has 47 heavy (non-hydrogen) atoms. The number of hydrogen-bond donors (Lipinski definition) is 0. The van der Waals surface area contributed by atoms with Crippen LogP contribution in [0, 0.1) is 17.7 Å². The maximum atomic E-state index is 17.1. The Bertz CT molecular complexity index is 1600. The van der Waals surface area contributed by atoms with Crippen LogP contribution in [0.2, 0.25) is 51.4 Å². The average Bonchev–Trinajstić information content (AvgIpc) is 3.61. The zero-order chi connectivity index (χ0) is 33.2. The van der Waals surface area contributed by atoms with Gasteiger partial charge in [-0.05, 0) is 49.3 Å². The van der Waals surface area contributed by atoms with E-state index >= 15 is 4.39 Å². The van der Waals surface area contributed by atoms with Crippen LogP contribution in [0.15, 0.2) is 54.9 Å². The molecule has 0 spiro atoms.